The van der Waals surface area contributed by atoms with Gasteiger partial charge < -0.3 is 4.57 Å². The summed E-state index contributed by atoms with van der Waals surface area (Å²) < 4.78 is 2.99. The number of halogens is 1. The third-order valence-electron chi connectivity index (χ3n) is 4.71. The highest BCUT2D eigenvalue weighted by molar-refractivity contribution is 7.22. The summed E-state index contributed by atoms with van der Waals surface area (Å²) in [6.07, 6.45) is 9.69. The third-order valence-corrected chi connectivity index (χ3v) is 5.95. The van der Waals surface area contributed by atoms with Crippen LogP contribution in [0.1, 0.15) is 17.5 Å². The molecule has 4 rings (SSSR count). The minimum atomic E-state index is -0.0905. The largest absolute Gasteiger partial charge is 0.337 e. The van der Waals surface area contributed by atoms with Gasteiger partial charge in [0.25, 0.3) is 5.91 Å². The highest BCUT2D eigenvalue weighted by Gasteiger charge is 2.18. The number of hydrogen-bond donors (Lipinski definition) is 0. The maximum Gasteiger partial charge on any atom is 0.252 e. The lowest BCUT2D eigenvalue weighted by atomic mass is 10.2. The molecule has 30 heavy (non-hydrogen) atoms. The first kappa shape index (κ1) is 20.3. The fraction of sp³-hybridized carbons (Fsp3) is 0.174. The highest BCUT2D eigenvalue weighted by atomic mass is 35.5. The Kier molecular flexibility index (Phi) is 6.26. The number of anilines is 1. The number of carbonyl (C=O) groups is 1. The van der Waals surface area contributed by atoms with Crippen molar-refractivity contribution in [3.8, 4) is 0 Å². The topological polar surface area (TPSA) is 51.0 Å². The number of benzene rings is 2. The Morgan fingerprint density at radius 2 is 2.10 bits per heavy atom. The van der Waals surface area contributed by atoms with Crippen LogP contribution in [0.3, 0.4) is 0 Å². The van der Waals surface area contributed by atoms with Crippen molar-refractivity contribution in [3.63, 3.8) is 0 Å². The molecule has 5 nitrogen and oxygen atoms in total. The fourth-order valence-corrected chi connectivity index (χ4v) is 4.66. The second kappa shape index (κ2) is 9.24. The number of carbonyl (C=O) groups excluding carboxylic acids is 1. The van der Waals surface area contributed by atoms with Crippen LogP contribution in [0.5, 0.6) is 0 Å². The van der Waals surface area contributed by atoms with Crippen molar-refractivity contribution in [1.82, 2.24) is 14.5 Å². The number of rotatable bonds is 7. The summed E-state index contributed by atoms with van der Waals surface area (Å²) >= 11 is 7.70. The van der Waals surface area contributed by atoms with Crippen LogP contribution in [-0.2, 0) is 11.3 Å². The Bertz CT molecular complexity index is 1170. The van der Waals surface area contributed by atoms with Crippen LogP contribution in [0.25, 0.3) is 16.3 Å². The first-order valence-electron chi connectivity index (χ1n) is 9.67. The lowest BCUT2D eigenvalue weighted by Gasteiger charge is -2.18. The first-order valence-corrected chi connectivity index (χ1v) is 10.9. The fourth-order valence-electron chi connectivity index (χ4n) is 3.21. The zero-order valence-electron chi connectivity index (χ0n) is 16.5. The third kappa shape index (κ3) is 4.78. The van der Waals surface area contributed by atoms with Crippen molar-refractivity contribution >= 4 is 50.3 Å². The van der Waals surface area contributed by atoms with E-state index >= 15 is 0 Å². The van der Waals surface area contributed by atoms with Crippen LogP contribution in [0.15, 0.2) is 67.3 Å². The molecule has 4 aromatic rings. The minimum Gasteiger partial charge on any atom is -0.337 e. The number of aromatic nitrogens is 3. The van der Waals surface area contributed by atoms with Crippen LogP contribution in [0, 0.1) is 6.92 Å². The maximum atomic E-state index is 13.1. The molecule has 2 aromatic heterocycles. The lowest BCUT2D eigenvalue weighted by Crippen LogP contribution is -2.30. The van der Waals surface area contributed by atoms with Gasteiger partial charge in [0.05, 0.1) is 16.5 Å². The molecule has 0 aliphatic carbocycles. The zero-order valence-corrected chi connectivity index (χ0v) is 18.1. The minimum absolute atomic E-state index is 0.0905. The average Bonchev–Trinajstić information content (AvgIpc) is 3.40. The molecule has 152 valence electrons. The van der Waals surface area contributed by atoms with Crippen LogP contribution >= 0.6 is 22.9 Å². The van der Waals surface area contributed by atoms with Gasteiger partial charge in [0.2, 0.25) is 0 Å². The van der Waals surface area contributed by atoms with Gasteiger partial charge in [-0.15, -0.1) is 0 Å². The molecule has 0 bridgehead atoms. The predicted molar refractivity (Wildman–Crippen MR) is 124 cm³/mol. The van der Waals surface area contributed by atoms with Crippen molar-refractivity contribution in [2.24, 2.45) is 0 Å². The summed E-state index contributed by atoms with van der Waals surface area (Å²) in [5.41, 5.74) is 2.88. The Morgan fingerprint density at radius 3 is 2.87 bits per heavy atom. The maximum absolute atomic E-state index is 13.1. The van der Waals surface area contributed by atoms with Crippen LogP contribution in [0.4, 0.5) is 5.13 Å². The number of nitrogens with zero attached hydrogens (tertiary/aromatic N) is 4. The highest BCUT2D eigenvalue weighted by Crippen LogP contribution is 2.33. The molecule has 0 saturated carbocycles. The smallest absolute Gasteiger partial charge is 0.252 e. The van der Waals surface area contributed by atoms with E-state index in [1.807, 2.05) is 66.2 Å². The summed E-state index contributed by atoms with van der Waals surface area (Å²) in [5.74, 6) is -0.0905. The second-order valence-corrected chi connectivity index (χ2v) is 8.40. The number of thiazole rings is 1. The van der Waals surface area contributed by atoms with Gasteiger partial charge in [-0.3, -0.25) is 9.69 Å². The van der Waals surface area contributed by atoms with Crippen LogP contribution < -0.4 is 4.90 Å². The number of imidazole rings is 1. The van der Waals surface area contributed by atoms with Gasteiger partial charge >= 0.3 is 0 Å². The summed E-state index contributed by atoms with van der Waals surface area (Å²) in [6, 6.07) is 13.6. The molecule has 0 aliphatic rings. The van der Waals surface area contributed by atoms with Gasteiger partial charge in [-0.25, -0.2) is 9.97 Å². The Morgan fingerprint density at radius 1 is 1.27 bits per heavy atom. The van der Waals surface area contributed by atoms with Gasteiger partial charge in [-0.05, 0) is 42.7 Å². The molecule has 0 N–H and O–H groups in total. The Balaban J connectivity index is 1.60. The van der Waals surface area contributed by atoms with E-state index in [0.717, 1.165) is 34.3 Å². The van der Waals surface area contributed by atoms with E-state index in [9.17, 15) is 4.79 Å². The molecule has 0 spiro atoms. The number of aryl methyl sites for hydroxylation is 2. The van der Waals surface area contributed by atoms with Gasteiger partial charge in [0.15, 0.2) is 5.13 Å². The molecule has 1 amide bonds. The molecule has 0 unspecified atom stereocenters. The number of hydrogen-bond acceptors (Lipinski definition) is 4. The van der Waals surface area contributed by atoms with Crippen LogP contribution in [-0.4, -0.2) is 27.0 Å². The second-order valence-electron chi connectivity index (χ2n) is 6.95. The van der Waals surface area contributed by atoms with E-state index in [4.69, 9.17) is 16.6 Å². The molecule has 0 radical (unpaired) electrons. The summed E-state index contributed by atoms with van der Waals surface area (Å²) in [7, 11) is 0. The van der Waals surface area contributed by atoms with E-state index in [2.05, 4.69) is 4.98 Å². The molecule has 0 atom stereocenters. The van der Waals surface area contributed by atoms with Gasteiger partial charge in [0.1, 0.15) is 0 Å². The van der Waals surface area contributed by atoms with Crippen LogP contribution in [0.2, 0.25) is 5.02 Å². The molecular weight excluding hydrogens is 416 g/mol. The molecular formula is C23H21ClN4OS. The van der Waals surface area contributed by atoms with Crippen molar-refractivity contribution in [3.05, 3.63) is 83.4 Å². The molecule has 0 saturated heterocycles. The predicted octanol–water partition coefficient (Wildman–Crippen LogP) is 5.59. The van der Waals surface area contributed by atoms with E-state index in [0.29, 0.717) is 16.7 Å². The van der Waals surface area contributed by atoms with E-state index in [1.165, 1.54) is 11.3 Å². The SMILES string of the molecule is Cc1cc(Cl)cc2sc(N(CCCn3ccnc3)C(=O)/C=C/c3ccccc3)nc12. The van der Waals surface area contributed by atoms with Gasteiger partial charge in [-0.2, -0.15) is 0 Å². The standard InChI is InChI=1S/C23H21ClN4OS/c1-17-14-19(24)15-20-22(17)26-23(30-20)28(12-5-11-27-13-10-25-16-27)21(29)9-8-18-6-3-2-4-7-18/h2-4,6-10,13-16H,5,11-12H2,1H3/b9-8+. The van der Waals surface area contributed by atoms with Crippen molar-refractivity contribution in [2.45, 2.75) is 19.9 Å². The van der Waals surface area contributed by atoms with Crippen molar-refractivity contribution in [2.75, 3.05) is 11.4 Å². The zero-order chi connectivity index (χ0) is 20.9. The van der Waals surface area contributed by atoms with Gasteiger partial charge in [-0.1, -0.05) is 53.3 Å². The normalized spacial score (nSPS) is 11.4. The van der Waals surface area contributed by atoms with E-state index < -0.39 is 0 Å². The summed E-state index contributed by atoms with van der Waals surface area (Å²) in [4.78, 5) is 23.7. The Hall–Kier alpha value is -2.96. The Labute approximate surface area is 184 Å². The monoisotopic (exact) mass is 436 g/mol. The van der Waals surface area contributed by atoms with E-state index in [1.54, 1.807) is 23.5 Å². The number of amides is 1. The number of fused-ring (bicyclic) bond motifs is 1. The van der Waals surface area contributed by atoms with Crippen molar-refractivity contribution < 1.29 is 4.79 Å². The summed E-state index contributed by atoms with van der Waals surface area (Å²) in [5, 5.41) is 1.36. The first-order chi connectivity index (χ1) is 14.6. The molecule has 0 aliphatic heterocycles. The van der Waals surface area contributed by atoms with Crippen molar-refractivity contribution in [1.29, 1.82) is 0 Å². The quantitative estimate of drug-likeness (QED) is 0.355. The van der Waals surface area contributed by atoms with E-state index in [-0.39, 0.29) is 5.91 Å². The molecule has 2 aromatic carbocycles. The van der Waals surface area contributed by atoms with Gasteiger partial charge in [0, 0.05) is 36.6 Å². The molecule has 7 heteroatoms. The summed E-state index contributed by atoms with van der Waals surface area (Å²) in [6.45, 7) is 3.32. The molecule has 2 heterocycles. The molecule has 0 fully saturated rings. The average molecular weight is 437 g/mol. The lowest BCUT2D eigenvalue weighted by molar-refractivity contribution is -0.114.